The van der Waals surface area contributed by atoms with E-state index in [0.29, 0.717) is 11.4 Å². The number of halogens is 1. The third-order valence-electron chi connectivity index (χ3n) is 2.89. The highest BCUT2D eigenvalue weighted by molar-refractivity contribution is 9.10. The highest BCUT2D eigenvalue weighted by Crippen LogP contribution is 2.31. The lowest BCUT2D eigenvalue weighted by Crippen LogP contribution is -1.97. The molecule has 0 aromatic heterocycles. The van der Waals surface area contributed by atoms with Crippen LogP contribution >= 0.6 is 15.9 Å². The molecule has 0 fully saturated rings. The average Bonchev–Trinajstić information content (AvgIpc) is 2.43. The van der Waals surface area contributed by atoms with Crippen molar-refractivity contribution in [3.63, 3.8) is 0 Å². The predicted molar refractivity (Wildman–Crippen MR) is 84.8 cm³/mol. The van der Waals surface area contributed by atoms with Gasteiger partial charge in [-0.15, -0.1) is 0 Å². The van der Waals surface area contributed by atoms with Crippen LogP contribution in [-0.4, -0.2) is 12.0 Å². The van der Waals surface area contributed by atoms with E-state index in [1.165, 1.54) is 12.1 Å². The van der Waals surface area contributed by atoms with Gasteiger partial charge in [-0.25, -0.2) is 0 Å². The van der Waals surface area contributed by atoms with Gasteiger partial charge in [0.25, 0.3) is 5.69 Å². The molecule has 0 saturated heterocycles. The summed E-state index contributed by atoms with van der Waals surface area (Å²) in [6, 6.07) is 10.7. The summed E-state index contributed by atoms with van der Waals surface area (Å²) in [4.78, 5) is 10.5. The van der Waals surface area contributed by atoms with Crippen LogP contribution in [0.2, 0.25) is 0 Å². The molecule has 2 aromatic carbocycles. The largest absolute Gasteiger partial charge is 0.388 e. The fourth-order valence-electron chi connectivity index (χ4n) is 1.83. The minimum absolute atomic E-state index is 0.0446. The van der Waals surface area contributed by atoms with E-state index in [9.17, 15) is 10.1 Å². The van der Waals surface area contributed by atoms with E-state index in [4.69, 9.17) is 0 Å². The molecular weight excluding hydrogens is 322 g/mol. The minimum Gasteiger partial charge on any atom is -0.388 e. The molecule has 0 atom stereocenters. The zero-order valence-electron chi connectivity index (χ0n) is 11.1. The Morgan fingerprint density at radius 3 is 2.55 bits per heavy atom. The maximum absolute atomic E-state index is 10.9. The van der Waals surface area contributed by atoms with Gasteiger partial charge in [-0.1, -0.05) is 12.1 Å². The van der Waals surface area contributed by atoms with Crippen molar-refractivity contribution in [3.8, 4) is 0 Å². The van der Waals surface area contributed by atoms with Crippen LogP contribution in [0.3, 0.4) is 0 Å². The van der Waals surface area contributed by atoms with Gasteiger partial charge in [-0.2, -0.15) is 0 Å². The number of benzene rings is 2. The van der Waals surface area contributed by atoms with Crippen LogP contribution in [0.15, 0.2) is 40.9 Å². The van der Waals surface area contributed by atoms with Crippen molar-refractivity contribution in [1.29, 1.82) is 0 Å². The van der Waals surface area contributed by atoms with Gasteiger partial charge in [0, 0.05) is 35.0 Å². The summed E-state index contributed by atoms with van der Waals surface area (Å²) < 4.78 is 0.942. The van der Waals surface area contributed by atoms with Gasteiger partial charge in [0.05, 0.1) is 10.6 Å². The molecule has 2 rings (SSSR count). The molecule has 0 aliphatic carbocycles. The van der Waals surface area contributed by atoms with Gasteiger partial charge in [0.1, 0.15) is 0 Å². The number of rotatable bonds is 4. The van der Waals surface area contributed by atoms with E-state index in [1.807, 2.05) is 31.2 Å². The second kappa shape index (κ2) is 5.92. The smallest absolute Gasteiger partial charge is 0.273 e. The maximum Gasteiger partial charge on any atom is 0.273 e. The molecular formula is C14H14BrN3O2. The topological polar surface area (TPSA) is 67.2 Å². The SMILES string of the molecule is CNc1cc(Nc2cccc(C)c2Br)cc([N+](=O)[O-])c1. The standard InChI is InChI=1S/C14H14BrN3O2/c1-9-4-3-5-13(14(9)15)17-11-6-10(16-2)7-12(8-11)18(19)20/h3-8,16-17H,1-2H3. The number of anilines is 3. The number of nitrogens with zero attached hydrogens (tertiary/aromatic N) is 1. The van der Waals surface area contributed by atoms with Crippen LogP contribution in [-0.2, 0) is 0 Å². The van der Waals surface area contributed by atoms with Crippen molar-refractivity contribution in [3.05, 3.63) is 56.5 Å². The fourth-order valence-corrected chi connectivity index (χ4v) is 2.20. The molecule has 0 aliphatic heterocycles. The third kappa shape index (κ3) is 3.08. The summed E-state index contributed by atoms with van der Waals surface area (Å²) in [6.45, 7) is 1.99. The Labute approximate surface area is 125 Å². The first-order valence-electron chi connectivity index (χ1n) is 6.00. The molecule has 2 aromatic rings. The minimum atomic E-state index is -0.405. The Hall–Kier alpha value is -2.08. The first kappa shape index (κ1) is 14.3. The van der Waals surface area contributed by atoms with Crippen molar-refractivity contribution in [2.24, 2.45) is 0 Å². The molecule has 0 aliphatic rings. The molecule has 20 heavy (non-hydrogen) atoms. The van der Waals surface area contributed by atoms with Crippen LogP contribution in [0.5, 0.6) is 0 Å². The van der Waals surface area contributed by atoms with E-state index < -0.39 is 4.92 Å². The lowest BCUT2D eigenvalue weighted by Gasteiger charge is -2.11. The second-order valence-corrected chi connectivity index (χ2v) is 5.13. The molecule has 0 bridgehead atoms. The van der Waals surface area contributed by atoms with Crippen molar-refractivity contribution < 1.29 is 4.92 Å². The van der Waals surface area contributed by atoms with E-state index in [0.717, 1.165) is 15.7 Å². The highest BCUT2D eigenvalue weighted by atomic mass is 79.9. The third-order valence-corrected chi connectivity index (χ3v) is 3.94. The molecule has 0 radical (unpaired) electrons. The zero-order chi connectivity index (χ0) is 14.7. The Kier molecular flexibility index (Phi) is 4.24. The summed E-state index contributed by atoms with van der Waals surface area (Å²) in [6.07, 6.45) is 0. The molecule has 6 heteroatoms. The second-order valence-electron chi connectivity index (χ2n) is 4.34. The van der Waals surface area contributed by atoms with Crippen LogP contribution in [0.1, 0.15) is 5.56 Å². The number of nitro groups is 1. The number of non-ortho nitro benzene ring substituents is 1. The van der Waals surface area contributed by atoms with E-state index in [1.54, 1.807) is 7.05 Å². The Morgan fingerprint density at radius 1 is 1.20 bits per heavy atom. The molecule has 0 spiro atoms. The van der Waals surface area contributed by atoms with Crippen LogP contribution in [0, 0.1) is 17.0 Å². The van der Waals surface area contributed by atoms with Crippen LogP contribution in [0.4, 0.5) is 22.7 Å². The molecule has 0 saturated carbocycles. The molecule has 0 amide bonds. The van der Waals surface area contributed by atoms with Gasteiger partial charge in [-0.3, -0.25) is 10.1 Å². The van der Waals surface area contributed by atoms with Gasteiger partial charge in [0.2, 0.25) is 0 Å². The molecule has 5 nitrogen and oxygen atoms in total. The number of nitrogens with one attached hydrogen (secondary N) is 2. The quantitative estimate of drug-likeness (QED) is 0.639. The van der Waals surface area contributed by atoms with E-state index in [-0.39, 0.29) is 5.69 Å². The lowest BCUT2D eigenvalue weighted by molar-refractivity contribution is -0.384. The molecule has 0 unspecified atom stereocenters. The van der Waals surface area contributed by atoms with E-state index >= 15 is 0 Å². The fraction of sp³-hybridized carbons (Fsp3) is 0.143. The summed E-state index contributed by atoms with van der Waals surface area (Å²) in [5, 5.41) is 17.0. The summed E-state index contributed by atoms with van der Waals surface area (Å²) in [7, 11) is 1.73. The van der Waals surface area contributed by atoms with E-state index in [2.05, 4.69) is 26.6 Å². The first-order chi connectivity index (χ1) is 9.51. The number of aryl methyl sites for hydroxylation is 1. The van der Waals surface area contributed by atoms with Crippen LogP contribution < -0.4 is 10.6 Å². The monoisotopic (exact) mass is 335 g/mol. The average molecular weight is 336 g/mol. The predicted octanol–water partition coefficient (Wildman–Crippen LogP) is 4.45. The Balaban J connectivity index is 2.40. The van der Waals surface area contributed by atoms with Crippen molar-refractivity contribution in [2.45, 2.75) is 6.92 Å². The number of hydrogen-bond acceptors (Lipinski definition) is 4. The first-order valence-corrected chi connectivity index (χ1v) is 6.80. The Morgan fingerprint density at radius 2 is 1.90 bits per heavy atom. The molecule has 0 heterocycles. The normalized spacial score (nSPS) is 10.2. The molecule has 104 valence electrons. The highest BCUT2D eigenvalue weighted by Gasteiger charge is 2.10. The van der Waals surface area contributed by atoms with Crippen molar-refractivity contribution in [1.82, 2.24) is 0 Å². The van der Waals surface area contributed by atoms with Gasteiger partial charge in [-0.05, 0) is 40.5 Å². The maximum atomic E-state index is 10.9. The Bertz CT molecular complexity index is 659. The van der Waals surface area contributed by atoms with Gasteiger partial charge < -0.3 is 10.6 Å². The van der Waals surface area contributed by atoms with Gasteiger partial charge >= 0.3 is 0 Å². The van der Waals surface area contributed by atoms with Crippen molar-refractivity contribution >= 4 is 38.7 Å². The zero-order valence-corrected chi connectivity index (χ0v) is 12.7. The number of hydrogen-bond donors (Lipinski definition) is 2. The molecule has 2 N–H and O–H groups in total. The van der Waals surface area contributed by atoms with Crippen LogP contribution in [0.25, 0.3) is 0 Å². The number of nitro benzene ring substituents is 1. The van der Waals surface area contributed by atoms with Crippen molar-refractivity contribution in [2.75, 3.05) is 17.7 Å². The summed E-state index contributed by atoms with van der Waals surface area (Å²) in [5.41, 5.74) is 3.35. The summed E-state index contributed by atoms with van der Waals surface area (Å²) in [5.74, 6) is 0. The lowest BCUT2D eigenvalue weighted by atomic mass is 10.2. The van der Waals surface area contributed by atoms with Gasteiger partial charge in [0.15, 0.2) is 0 Å². The summed E-state index contributed by atoms with van der Waals surface area (Å²) >= 11 is 3.51.